The minimum atomic E-state index is -1.94. The molecule has 8 rings (SSSR count). The molecule has 0 bridgehead atoms. The van der Waals surface area contributed by atoms with Crippen LogP contribution >= 0.6 is 0 Å². The number of hydrogen-bond acceptors (Lipinski definition) is 23. The number of fused-ring (bicyclic) bond motifs is 2. The van der Waals surface area contributed by atoms with Crippen LogP contribution in [0.2, 0.25) is 0 Å². The fourth-order valence-electron chi connectivity index (χ4n) is 11.5. The molecule has 5 heterocycles. The van der Waals surface area contributed by atoms with E-state index in [9.17, 15) is 55.9 Å². The number of phenolic OH excluding ortho intramolecular Hbond substituents is 2. The summed E-state index contributed by atoms with van der Waals surface area (Å²) in [5.41, 5.74) is -0.993. The third kappa shape index (κ3) is 11.9. The lowest BCUT2D eigenvalue weighted by molar-refractivity contribution is -0.331. The van der Waals surface area contributed by atoms with Gasteiger partial charge in [-0.1, -0.05) is 6.92 Å². The molecule has 10 N–H and O–H groups in total. The molecular weight excluding hydrogens is 1000 g/mol. The highest BCUT2D eigenvalue weighted by atomic mass is 16.7. The van der Waals surface area contributed by atoms with Crippen molar-refractivity contribution < 1.29 is 113 Å². The first-order valence-corrected chi connectivity index (χ1v) is 26.4. The number of benzene rings is 2. The first kappa shape index (κ1) is 58.9. The lowest BCUT2D eigenvalue weighted by Crippen LogP contribution is -2.57. The average Bonchev–Trinajstić information content (AvgIpc) is 3.38. The number of hydrogen-bond donors (Lipinski definition) is 10. The second-order valence-electron chi connectivity index (χ2n) is 22.1. The number of Topliss-reactive ketones (excluding diaryl/α,β-unsaturated/α-hetero) is 2. The van der Waals surface area contributed by atoms with Gasteiger partial charge in [0.2, 0.25) is 6.29 Å². The maximum atomic E-state index is 15.0. The van der Waals surface area contributed by atoms with Crippen molar-refractivity contribution in [2.75, 3.05) is 7.11 Å². The molecule has 5 fully saturated rings. The zero-order valence-electron chi connectivity index (χ0n) is 44.5. The molecule has 0 aromatic heterocycles. The molecule has 0 spiro atoms. The minimum Gasteiger partial charge on any atom is -0.507 e. The van der Waals surface area contributed by atoms with E-state index in [0.717, 1.165) is 0 Å². The van der Waals surface area contributed by atoms with Crippen molar-refractivity contribution in [2.24, 2.45) is 11.8 Å². The summed E-state index contributed by atoms with van der Waals surface area (Å²) in [5, 5.41) is 110. The molecule has 23 nitrogen and oxygen atoms in total. The molecule has 6 aliphatic rings. The quantitative estimate of drug-likeness (QED) is 0.119. The van der Waals surface area contributed by atoms with Gasteiger partial charge >= 0.3 is 0 Å². The number of ketones is 2. The summed E-state index contributed by atoms with van der Waals surface area (Å²) in [6.07, 6.45) is -24.4. The smallest absolute Gasteiger partial charge is 0.202 e. The zero-order chi connectivity index (χ0) is 55.6. The highest BCUT2D eigenvalue weighted by molar-refractivity contribution is 6.11. The predicted octanol–water partition coefficient (Wildman–Crippen LogP) is 1.03. The summed E-state index contributed by atoms with van der Waals surface area (Å²) >= 11 is 0. The predicted molar refractivity (Wildman–Crippen MR) is 262 cm³/mol. The third-order valence-electron chi connectivity index (χ3n) is 16.5. The summed E-state index contributed by atoms with van der Waals surface area (Å²) in [6, 6.07) is 3.05. The van der Waals surface area contributed by atoms with Crippen LogP contribution in [0.1, 0.15) is 109 Å². The van der Waals surface area contributed by atoms with E-state index in [2.05, 4.69) is 0 Å². The van der Waals surface area contributed by atoms with Gasteiger partial charge in [-0.3, -0.25) is 9.59 Å². The molecule has 0 radical (unpaired) electrons. The van der Waals surface area contributed by atoms with Crippen LogP contribution in [-0.4, -0.2) is 211 Å². The van der Waals surface area contributed by atoms with Gasteiger partial charge in [0, 0.05) is 56.6 Å². The lowest BCUT2D eigenvalue weighted by atomic mass is 9.75. The Morgan fingerprint density at radius 1 is 0.684 bits per heavy atom. The van der Waals surface area contributed by atoms with Crippen molar-refractivity contribution in [1.82, 2.24) is 0 Å². The Balaban J connectivity index is 1.04. The number of aliphatic hydroxyl groups excluding tert-OH is 7. The molecule has 428 valence electrons. The van der Waals surface area contributed by atoms with Crippen LogP contribution in [0.3, 0.4) is 0 Å². The second-order valence-corrected chi connectivity index (χ2v) is 22.1. The fraction of sp³-hybridized carbons (Fsp3) is 0.774. The van der Waals surface area contributed by atoms with E-state index < -0.39 is 164 Å². The summed E-state index contributed by atoms with van der Waals surface area (Å²) in [4.78, 5) is 28.9. The Labute approximate surface area is 440 Å². The number of methoxy groups -OCH3 is 1. The Morgan fingerprint density at radius 2 is 1.17 bits per heavy atom. The Morgan fingerprint density at radius 3 is 1.70 bits per heavy atom. The van der Waals surface area contributed by atoms with Crippen LogP contribution in [-0.2, 0) is 58.6 Å². The number of aromatic hydroxyl groups is 2. The molecule has 2 aromatic rings. The molecule has 1 aliphatic carbocycles. The van der Waals surface area contributed by atoms with Gasteiger partial charge in [0.1, 0.15) is 60.0 Å². The Hall–Kier alpha value is -3.28. The van der Waals surface area contributed by atoms with Crippen LogP contribution in [0.5, 0.6) is 17.2 Å². The largest absolute Gasteiger partial charge is 0.507 e. The van der Waals surface area contributed by atoms with E-state index in [0.29, 0.717) is 0 Å². The third-order valence-corrected chi connectivity index (χ3v) is 16.5. The Bertz CT molecular complexity index is 2350. The van der Waals surface area contributed by atoms with E-state index in [1.54, 1.807) is 34.6 Å². The summed E-state index contributed by atoms with van der Waals surface area (Å²) in [5.74, 6) is -4.17. The zero-order valence-corrected chi connectivity index (χ0v) is 44.5. The van der Waals surface area contributed by atoms with Gasteiger partial charge in [-0.2, -0.15) is 0 Å². The standard InChI is InChI=1S/C53H78O23/c1-19-31(72-36-15-32(45(59)24(6)69-36)73-35-14-30(55)44(58)23(5)68-35)13-28-11-27-12-29(51(66-10)50(64)43(57)21(3)54)52(49(63)41(27)48(62)40(28)42(19)56)76-38-17-33(46(60)26(8)71-38)74-37-16-34(47(61)25(7)70-37)75-39-18-53(9,65)20(2)22(4)67-39/h11,13,20-26,29-30,32-39,43-47,51-52,54-62,65H,12,14-18H2,1-10H3/t20-,21-,22?,23?,24?,25?,26?,29+,30-,32-,33-,34-,35+,36+,37+,38+,39+,43+,44-,45-,46-,47+,51+,52+,53+/m1/s1. The molecule has 5 aliphatic heterocycles. The first-order valence-electron chi connectivity index (χ1n) is 26.4. The van der Waals surface area contributed by atoms with Gasteiger partial charge < -0.3 is 103 Å². The average molecular weight is 1080 g/mol. The van der Waals surface area contributed by atoms with Gasteiger partial charge in [-0.25, -0.2) is 0 Å². The normalized spacial score (nSPS) is 42.5. The second kappa shape index (κ2) is 23.4. The number of rotatable bonds is 15. The fourth-order valence-corrected chi connectivity index (χ4v) is 11.5. The Kier molecular flexibility index (Phi) is 18.1. The van der Waals surface area contributed by atoms with Crippen LogP contribution in [0, 0.1) is 18.8 Å². The molecule has 5 saturated heterocycles. The van der Waals surface area contributed by atoms with E-state index in [4.69, 9.17) is 52.1 Å². The number of carbonyl (C=O) groups is 2. The molecule has 23 heteroatoms. The molecular formula is C53H78O23. The topological polar surface area (TPSA) is 338 Å². The SMILES string of the molecule is CO[C@H](C(=O)[C@@H](O)[C@@H](C)O)[C@@H]1Cc2cc3cc(O[C@H]4C[C@@H](O[C@H]5C[C@@H](O)[C@H](O)C(C)O5)[C@H](O)C(C)O4)c(C)c(O)c3c(O)c2C(=O)[C@H]1O[C@H]1C[C@@H](O[C@H]2C[C@@H](O[C@H]3C[C@](C)(O)[C@H](C)C(C)O3)[C@@H](O)C(C)O2)[C@H](O)C(C)O1. The van der Waals surface area contributed by atoms with Crippen LogP contribution < -0.4 is 4.74 Å². The van der Waals surface area contributed by atoms with Crippen LogP contribution in [0.25, 0.3) is 10.8 Å². The van der Waals surface area contributed by atoms with Crippen molar-refractivity contribution in [2.45, 2.75) is 242 Å². The highest BCUT2D eigenvalue weighted by Crippen LogP contribution is 2.48. The summed E-state index contributed by atoms with van der Waals surface area (Å²) in [7, 11) is 1.19. The van der Waals surface area contributed by atoms with Crippen molar-refractivity contribution >= 4 is 22.3 Å². The van der Waals surface area contributed by atoms with Crippen LogP contribution in [0.4, 0.5) is 0 Å². The molecule has 25 atom stereocenters. The van der Waals surface area contributed by atoms with Crippen molar-refractivity contribution in [1.29, 1.82) is 0 Å². The summed E-state index contributed by atoms with van der Waals surface area (Å²) < 4.78 is 67.0. The van der Waals surface area contributed by atoms with E-state index in [1.165, 1.54) is 33.1 Å². The van der Waals surface area contributed by atoms with Gasteiger partial charge in [-0.05, 0) is 84.9 Å². The maximum absolute atomic E-state index is 15.0. The number of carbonyl (C=O) groups excluding carboxylic acids is 2. The molecule has 5 unspecified atom stereocenters. The highest BCUT2D eigenvalue weighted by Gasteiger charge is 2.51. The summed E-state index contributed by atoms with van der Waals surface area (Å²) in [6.45, 7) is 14.6. The van der Waals surface area contributed by atoms with Gasteiger partial charge in [0.25, 0.3) is 0 Å². The lowest BCUT2D eigenvalue weighted by Gasteiger charge is -2.46. The minimum absolute atomic E-state index is 0.0000613. The maximum Gasteiger partial charge on any atom is 0.202 e. The van der Waals surface area contributed by atoms with E-state index >= 15 is 4.79 Å². The molecule has 2 aromatic carbocycles. The van der Waals surface area contributed by atoms with Crippen molar-refractivity contribution in [3.05, 3.63) is 28.8 Å². The van der Waals surface area contributed by atoms with E-state index in [-0.39, 0.29) is 83.8 Å². The number of aliphatic hydroxyl groups is 8. The van der Waals surface area contributed by atoms with E-state index in [1.807, 2.05) is 13.8 Å². The molecule has 0 amide bonds. The molecule has 0 saturated carbocycles. The van der Waals surface area contributed by atoms with Gasteiger partial charge in [0.15, 0.2) is 36.7 Å². The van der Waals surface area contributed by atoms with Gasteiger partial charge in [0.05, 0.1) is 77.6 Å². The van der Waals surface area contributed by atoms with Crippen LogP contribution in [0.15, 0.2) is 12.1 Å². The molecule has 76 heavy (non-hydrogen) atoms. The van der Waals surface area contributed by atoms with Crippen molar-refractivity contribution in [3.63, 3.8) is 0 Å². The monoisotopic (exact) mass is 1080 g/mol. The van der Waals surface area contributed by atoms with Crippen molar-refractivity contribution in [3.8, 4) is 17.2 Å². The number of phenols is 2. The number of ether oxygens (including phenoxy) is 11. The van der Waals surface area contributed by atoms with Gasteiger partial charge in [-0.15, -0.1) is 0 Å². The first-order chi connectivity index (χ1) is 35.7.